The highest BCUT2D eigenvalue weighted by molar-refractivity contribution is 7.27. The van der Waals surface area contributed by atoms with Crippen LogP contribution in [0.3, 0.4) is 0 Å². The first-order chi connectivity index (χ1) is 27.3. The Morgan fingerprint density at radius 1 is 0.327 bits per heavy atom. The number of fused-ring (bicyclic) bond motifs is 7. The third-order valence-electron chi connectivity index (χ3n) is 10.9. The van der Waals surface area contributed by atoms with Crippen LogP contribution in [-0.2, 0) is 0 Å². The molecule has 11 aromatic rings. The molecular weight excluding hydrogens is 687 g/mol. The van der Waals surface area contributed by atoms with Crippen LogP contribution in [-0.4, -0.2) is 0 Å². The molecule has 258 valence electrons. The molecule has 0 saturated carbocycles. The van der Waals surface area contributed by atoms with E-state index in [1.807, 2.05) is 23.5 Å². The van der Waals surface area contributed by atoms with Gasteiger partial charge in [-0.1, -0.05) is 158 Å². The highest BCUT2D eigenvalue weighted by atomic mass is 32.1. The molecule has 0 saturated heterocycles. The van der Waals surface area contributed by atoms with Gasteiger partial charge in [-0.2, -0.15) is 0 Å². The second-order valence-electron chi connectivity index (χ2n) is 14.0. The highest BCUT2D eigenvalue weighted by Crippen LogP contribution is 2.48. The average Bonchev–Trinajstić information content (AvgIpc) is 3.83. The summed E-state index contributed by atoms with van der Waals surface area (Å²) < 4.78 is 8.84. The van der Waals surface area contributed by atoms with E-state index in [-0.39, 0.29) is 0 Å². The minimum absolute atomic E-state index is 0.888. The van der Waals surface area contributed by atoms with Crippen LogP contribution in [0.25, 0.3) is 86.3 Å². The van der Waals surface area contributed by atoms with E-state index < -0.39 is 0 Å². The summed E-state index contributed by atoms with van der Waals surface area (Å²) >= 11 is 1.88. The van der Waals surface area contributed by atoms with Crippen molar-refractivity contribution in [3.05, 3.63) is 200 Å². The maximum atomic E-state index is 6.28. The summed E-state index contributed by atoms with van der Waals surface area (Å²) in [5.41, 5.74) is 12.5. The molecule has 3 heteroatoms. The molecule has 2 nitrogen and oxygen atoms in total. The number of anilines is 3. The molecule has 0 spiro atoms. The summed E-state index contributed by atoms with van der Waals surface area (Å²) in [6.45, 7) is 0. The lowest BCUT2D eigenvalue weighted by Crippen LogP contribution is -2.10. The van der Waals surface area contributed by atoms with Gasteiger partial charge in [-0.3, -0.25) is 0 Å². The fraction of sp³-hybridized carbons (Fsp3) is 0. The second-order valence-corrected chi connectivity index (χ2v) is 15.1. The van der Waals surface area contributed by atoms with Crippen LogP contribution >= 0.6 is 11.3 Å². The first-order valence-electron chi connectivity index (χ1n) is 18.7. The quantitative estimate of drug-likeness (QED) is 0.170. The highest BCUT2D eigenvalue weighted by Gasteiger charge is 2.21. The third-order valence-corrected chi connectivity index (χ3v) is 12.2. The Morgan fingerprint density at radius 2 is 0.855 bits per heavy atom. The number of benzene rings is 9. The number of thiophene rings is 1. The van der Waals surface area contributed by atoms with Gasteiger partial charge in [0.25, 0.3) is 0 Å². The molecule has 2 heterocycles. The zero-order valence-corrected chi connectivity index (χ0v) is 30.6. The summed E-state index contributed by atoms with van der Waals surface area (Å²) in [7, 11) is 0. The number of para-hydroxylation sites is 1. The lowest BCUT2D eigenvalue weighted by molar-refractivity contribution is 0.669. The molecular formula is C52H33NOS. The van der Waals surface area contributed by atoms with Crippen LogP contribution in [0.2, 0.25) is 0 Å². The standard InChI is InChI=1S/C52H33NOS/c1-3-13-34(14-4-1)39-30-31-40(43-18-8-7-17-42(39)43)36-25-27-37(28-26-36)53(38-29-32-50-47(33-38)44-19-9-10-24-49(44)54-50)48-23-12-22-46-45-21-11-20-41(51(45)55-52(46)48)35-15-5-2-6-16-35/h1-33H. The molecule has 0 aliphatic rings. The Kier molecular flexibility index (Phi) is 7.39. The molecule has 0 N–H and O–H groups in total. The molecule has 0 amide bonds. The molecule has 2 aromatic heterocycles. The average molecular weight is 720 g/mol. The van der Waals surface area contributed by atoms with Crippen LogP contribution < -0.4 is 4.90 Å². The van der Waals surface area contributed by atoms with Gasteiger partial charge < -0.3 is 9.32 Å². The van der Waals surface area contributed by atoms with Gasteiger partial charge in [-0.25, -0.2) is 0 Å². The number of rotatable bonds is 6. The van der Waals surface area contributed by atoms with E-state index >= 15 is 0 Å². The van der Waals surface area contributed by atoms with E-state index in [2.05, 4.69) is 193 Å². The zero-order valence-electron chi connectivity index (χ0n) is 29.8. The predicted octanol–water partition coefficient (Wildman–Crippen LogP) is 15.6. The van der Waals surface area contributed by atoms with Crippen LogP contribution in [0.15, 0.2) is 205 Å². The Morgan fingerprint density at radius 3 is 1.56 bits per heavy atom. The summed E-state index contributed by atoms with van der Waals surface area (Å²) in [4.78, 5) is 2.42. The van der Waals surface area contributed by atoms with Gasteiger partial charge in [-0.15, -0.1) is 11.3 Å². The van der Waals surface area contributed by atoms with Gasteiger partial charge in [-0.05, 0) is 86.6 Å². The third kappa shape index (κ3) is 5.24. The normalized spacial score (nSPS) is 11.6. The van der Waals surface area contributed by atoms with Crippen LogP contribution in [0.1, 0.15) is 0 Å². The van der Waals surface area contributed by atoms with Crippen molar-refractivity contribution in [2.45, 2.75) is 0 Å². The first kappa shape index (κ1) is 31.6. The van der Waals surface area contributed by atoms with Crippen molar-refractivity contribution >= 4 is 81.3 Å². The van der Waals surface area contributed by atoms with Crippen molar-refractivity contribution in [3.63, 3.8) is 0 Å². The van der Waals surface area contributed by atoms with E-state index in [1.165, 1.54) is 64.3 Å². The monoisotopic (exact) mass is 719 g/mol. The topological polar surface area (TPSA) is 16.4 Å². The number of nitrogens with zero attached hydrogens (tertiary/aromatic N) is 1. The SMILES string of the molecule is c1ccc(-c2ccc(-c3ccc(N(c4ccc5oc6ccccc6c5c4)c4cccc5c4sc4c(-c6ccccc6)cccc45)cc3)c3ccccc23)cc1. The molecule has 0 unspecified atom stereocenters. The maximum absolute atomic E-state index is 6.28. The van der Waals surface area contributed by atoms with Crippen LogP contribution in [0.5, 0.6) is 0 Å². The fourth-order valence-corrected chi connectivity index (χ4v) is 9.66. The Bertz CT molecular complexity index is 3190. The lowest BCUT2D eigenvalue weighted by atomic mass is 9.92. The summed E-state index contributed by atoms with van der Waals surface area (Å²) in [5, 5.41) is 7.26. The second kappa shape index (κ2) is 12.9. The molecule has 55 heavy (non-hydrogen) atoms. The van der Waals surface area contributed by atoms with Crippen molar-refractivity contribution in [1.29, 1.82) is 0 Å². The van der Waals surface area contributed by atoms with E-state index in [0.29, 0.717) is 0 Å². The summed E-state index contributed by atoms with van der Waals surface area (Å²) in [6.07, 6.45) is 0. The maximum Gasteiger partial charge on any atom is 0.135 e. The smallest absolute Gasteiger partial charge is 0.135 e. The van der Waals surface area contributed by atoms with E-state index in [0.717, 1.165) is 39.0 Å². The Balaban J connectivity index is 1.10. The van der Waals surface area contributed by atoms with Crippen molar-refractivity contribution in [2.24, 2.45) is 0 Å². The van der Waals surface area contributed by atoms with E-state index in [4.69, 9.17) is 4.42 Å². The largest absolute Gasteiger partial charge is 0.456 e. The number of hydrogen-bond acceptors (Lipinski definition) is 3. The fourth-order valence-electron chi connectivity index (χ4n) is 8.32. The number of furan rings is 1. The number of hydrogen-bond donors (Lipinski definition) is 0. The first-order valence-corrected chi connectivity index (χ1v) is 19.5. The Labute approximate surface area is 322 Å². The van der Waals surface area contributed by atoms with Crippen molar-refractivity contribution < 1.29 is 4.42 Å². The van der Waals surface area contributed by atoms with Crippen molar-refractivity contribution in [2.75, 3.05) is 4.90 Å². The summed E-state index contributed by atoms with van der Waals surface area (Å²) in [6, 6.07) is 72.1. The molecule has 0 aliphatic heterocycles. The molecule has 0 aliphatic carbocycles. The van der Waals surface area contributed by atoms with Crippen LogP contribution in [0, 0.1) is 0 Å². The van der Waals surface area contributed by atoms with Crippen molar-refractivity contribution in [1.82, 2.24) is 0 Å². The van der Waals surface area contributed by atoms with Gasteiger partial charge in [0, 0.05) is 37.6 Å². The molecule has 0 radical (unpaired) electrons. The van der Waals surface area contributed by atoms with Gasteiger partial charge in [0.15, 0.2) is 0 Å². The molecule has 11 rings (SSSR count). The van der Waals surface area contributed by atoms with Crippen LogP contribution in [0.4, 0.5) is 17.1 Å². The molecule has 0 atom stereocenters. The minimum atomic E-state index is 0.888. The molecule has 9 aromatic carbocycles. The van der Waals surface area contributed by atoms with E-state index in [1.54, 1.807) is 0 Å². The van der Waals surface area contributed by atoms with Crippen molar-refractivity contribution in [3.8, 4) is 33.4 Å². The van der Waals surface area contributed by atoms with Gasteiger partial charge >= 0.3 is 0 Å². The summed E-state index contributed by atoms with van der Waals surface area (Å²) in [5.74, 6) is 0. The van der Waals surface area contributed by atoms with Gasteiger partial charge in [0.05, 0.1) is 10.4 Å². The van der Waals surface area contributed by atoms with Gasteiger partial charge in [0.1, 0.15) is 11.2 Å². The van der Waals surface area contributed by atoms with Gasteiger partial charge in [0.2, 0.25) is 0 Å². The minimum Gasteiger partial charge on any atom is -0.456 e. The molecule has 0 fully saturated rings. The predicted molar refractivity (Wildman–Crippen MR) is 235 cm³/mol. The Hall–Kier alpha value is -6.94. The molecule has 0 bridgehead atoms. The van der Waals surface area contributed by atoms with E-state index in [9.17, 15) is 0 Å². The lowest BCUT2D eigenvalue weighted by Gasteiger charge is -2.26. The zero-order chi connectivity index (χ0) is 36.3.